The summed E-state index contributed by atoms with van der Waals surface area (Å²) >= 11 is 0. The molecule has 1 aromatic heterocycles. The Balaban J connectivity index is 1.37. The molecule has 0 saturated heterocycles. The quantitative estimate of drug-likeness (QED) is 0.568. The predicted octanol–water partition coefficient (Wildman–Crippen LogP) is 3.38. The number of hydrogen-bond donors (Lipinski definition) is 1. The van der Waals surface area contributed by atoms with Gasteiger partial charge >= 0.3 is 0 Å². The highest BCUT2D eigenvalue weighted by molar-refractivity contribution is 5.84. The first kappa shape index (κ1) is 16.8. The third-order valence-electron chi connectivity index (χ3n) is 3.93. The largest absolute Gasteiger partial charge is 0.485 e. The number of furan rings is 1. The van der Waals surface area contributed by atoms with Crippen molar-refractivity contribution < 1.29 is 23.1 Å². The average Bonchev–Trinajstić information content (AvgIpc) is 3.16. The minimum absolute atomic E-state index is 0.0938. The normalized spacial score (nSPS) is 15.7. The van der Waals surface area contributed by atoms with Gasteiger partial charge in [0.05, 0.1) is 11.8 Å². The lowest BCUT2D eigenvalue weighted by atomic mass is 10.1. The first-order valence-corrected chi connectivity index (χ1v) is 8.27. The summed E-state index contributed by atoms with van der Waals surface area (Å²) < 4.78 is 30.4. The highest BCUT2D eigenvalue weighted by Crippen LogP contribution is 2.30. The minimum Gasteiger partial charge on any atom is -0.485 e. The van der Waals surface area contributed by atoms with Gasteiger partial charge in [-0.1, -0.05) is 24.3 Å². The molecule has 0 saturated carbocycles. The summed E-state index contributed by atoms with van der Waals surface area (Å²) in [5, 5.41) is 3.85. The zero-order chi connectivity index (χ0) is 18.6. The van der Waals surface area contributed by atoms with Gasteiger partial charge in [-0.25, -0.2) is 9.82 Å². The van der Waals surface area contributed by atoms with Gasteiger partial charge in [-0.3, -0.25) is 4.79 Å². The van der Waals surface area contributed by atoms with Crippen molar-refractivity contribution in [2.45, 2.75) is 6.10 Å². The van der Waals surface area contributed by atoms with E-state index in [-0.39, 0.29) is 12.4 Å². The van der Waals surface area contributed by atoms with E-state index in [0.717, 1.165) is 0 Å². The van der Waals surface area contributed by atoms with E-state index in [0.29, 0.717) is 28.6 Å². The third kappa shape index (κ3) is 3.67. The molecule has 0 radical (unpaired) electrons. The van der Waals surface area contributed by atoms with Crippen molar-refractivity contribution in [3.05, 3.63) is 72.2 Å². The molecule has 0 spiro atoms. The number of ether oxygens (including phenoxy) is 2. The molecule has 4 rings (SSSR count). The number of para-hydroxylation sites is 2. The summed E-state index contributed by atoms with van der Waals surface area (Å²) in [5.74, 6) is 1.04. The van der Waals surface area contributed by atoms with Crippen LogP contribution >= 0.6 is 0 Å². The summed E-state index contributed by atoms with van der Waals surface area (Å²) in [6, 6.07) is 16.7. The Morgan fingerprint density at radius 3 is 2.70 bits per heavy atom. The van der Waals surface area contributed by atoms with Crippen molar-refractivity contribution in [2.24, 2.45) is 5.10 Å². The number of rotatable bonds is 4. The number of amides is 1. The van der Waals surface area contributed by atoms with Gasteiger partial charge in [0.1, 0.15) is 23.9 Å². The monoisotopic (exact) mass is 366 g/mol. The van der Waals surface area contributed by atoms with E-state index in [4.69, 9.17) is 13.9 Å². The molecule has 1 aliphatic rings. The summed E-state index contributed by atoms with van der Waals surface area (Å²) in [6.07, 6.45) is 0.530. The van der Waals surface area contributed by atoms with Crippen molar-refractivity contribution in [3.63, 3.8) is 0 Å². The molecule has 27 heavy (non-hydrogen) atoms. The number of hydrogen-bond acceptors (Lipinski definition) is 5. The topological polar surface area (TPSA) is 73.1 Å². The zero-order valence-corrected chi connectivity index (χ0v) is 14.1. The minimum atomic E-state index is -0.803. The molecular weight excluding hydrogens is 351 g/mol. The molecule has 1 aliphatic heterocycles. The van der Waals surface area contributed by atoms with Crippen molar-refractivity contribution in [3.8, 4) is 22.8 Å². The van der Waals surface area contributed by atoms with Gasteiger partial charge in [-0.05, 0) is 36.4 Å². The first-order valence-electron chi connectivity index (χ1n) is 8.27. The molecular formula is C20H15FN2O4. The van der Waals surface area contributed by atoms with Crippen molar-refractivity contribution in [2.75, 3.05) is 6.61 Å². The van der Waals surface area contributed by atoms with E-state index >= 15 is 0 Å². The van der Waals surface area contributed by atoms with E-state index in [2.05, 4.69) is 10.5 Å². The number of halogens is 1. The Labute approximate surface area is 154 Å². The number of benzene rings is 2. The fraction of sp³-hybridized carbons (Fsp3) is 0.100. The average molecular weight is 366 g/mol. The molecule has 2 aromatic carbocycles. The number of carbonyl (C=O) groups excluding carboxylic acids is 1. The standard InChI is InChI=1S/C20H15FN2O4/c21-15-6-2-1-5-14(15)16-10-9-13(26-16)11-22-23-20(24)19-12-25-17-7-3-4-8-18(17)27-19/h1-11,19H,12H2,(H,23,24)/b22-11-/t19-/m1/s1. The lowest BCUT2D eigenvalue weighted by Crippen LogP contribution is -2.42. The van der Waals surface area contributed by atoms with Crippen LogP contribution in [0, 0.1) is 5.82 Å². The summed E-state index contributed by atoms with van der Waals surface area (Å²) in [6.45, 7) is 0.0938. The number of hydrazone groups is 1. The number of fused-ring (bicyclic) bond motifs is 1. The van der Waals surface area contributed by atoms with Crippen molar-refractivity contribution >= 4 is 12.1 Å². The lowest BCUT2D eigenvalue weighted by molar-refractivity contribution is -0.130. The first-order chi connectivity index (χ1) is 13.2. The van der Waals surface area contributed by atoms with Crippen LogP contribution in [0.5, 0.6) is 11.5 Å². The second-order valence-electron chi connectivity index (χ2n) is 5.78. The van der Waals surface area contributed by atoms with Crippen molar-refractivity contribution in [1.82, 2.24) is 5.43 Å². The SMILES string of the molecule is O=C(N/N=C\c1ccc(-c2ccccc2F)o1)[C@H]1COc2ccccc2O1. The maximum atomic E-state index is 13.8. The lowest BCUT2D eigenvalue weighted by Gasteiger charge is -2.24. The number of nitrogens with one attached hydrogen (secondary N) is 1. The van der Waals surface area contributed by atoms with Crippen LogP contribution in [0.1, 0.15) is 5.76 Å². The van der Waals surface area contributed by atoms with E-state index in [1.54, 1.807) is 48.5 Å². The van der Waals surface area contributed by atoms with E-state index in [1.807, 2.05) is 6.07 Å². The van der Waals surface area contributed by atoms with Gasteiger partial charge in [-0.2, -0.15) is 5.10 Å². The van der Waals surface area contributed by atoms with Crippen LogP contribution < -0.4 is 14.9 Å². The highest BCUT2D eigenvalue weighted by atomic mass is 19.1. The Bertz CT molecular complexity index is 999. The summed E-state index contributed by atoms with van der Waals surface area (Å²) in [4.78, 5) is 12.2. The van der Waals surface area contributed by atoms with E-state index < -0.39 is 12.0 Å². The summed E-state index contributed by atoms with van der Waals surface area (Å²) in [7, 11) is 0. The van der Waals surface area contributed by atoms with Gasteiger partial charge in [-0.15, -0.1) is 0 Å². The van der Waals surface area contributed by atoms with Gasteiger partial charge in [0.15, 0.2) is 11.5 Å². The smallest absolute Gasteiger partial charge is 0.284 e. The molecule has 2 heterocycles. The fourth-order valence-electron chi connectivity index (χ4n) is 2.61. The maximum Gasteiger partial charge on any atom is 0.284 e. The molecule has 0 fully saturated rings. The van der Waals surface area contributed by atoms with Crippen LogP contribution in [0.2, 0.25) is 0 Å². The predicted molar refractivity (Wildman–Crippen MR) is 96.2 cm³/mol. The molecule has 0 aliphatic carbocycles. The molecule has 1 N–H and O–H groups in total. The van der Waals surface area contributed by atoms with Crippen LogP contribution in [0.15, 0.2) is 70.2 Å². The van der Waals surface area contributed by atoms with Crippen LogP contribution in [-0.4, -0.2) is 24.8 Å². The molecule has 1 atom stereocenters. The Morgan fingerprint density at radius 2 is 1.85 bits per heavy atom. The molecule has 136 valence electrons. The number of nitrogens with zero attached hydrogens (tertiary/aromatic N) is 1. The van der Waals surface area contributed by atoms with Crippen LogP contribution in [0.3, 0.4) is 0 Å². The maximum absolute atomic E-state index is 13.8. The van der Waals surface area contributed by atoms with Gasteiger partial charge in [0.2, 0.25) is 6.10 Å². The summed E-state index contributed by atoms with van der Waals surface area (Å²) in [5.41, 5.74) is 2.74. The molecule has 3 aromatic rings. The van der Waals surface area contributed by atoms with E-state index in [9.17, 15) is 9.18 Å². The van der Waals surface area contributed by atoms with Crippen LogP contribution in [0.25, 0.3) is 11.3 Å². The van der Waals surface area contributed by atoms with Crippen LogP contribution in [0.4, 0.5) is 4.39 Å². The molecule has 7 heteroatoms. The highest BCUT2D eigenvalue weighted by Gasteiger charge is 2.27. The molecule has 0 bridgehead atoms. The third-order valence-corrected chi connectivity index (χ3v) is 3.93. The van der Waals surface area contributed by atoms with Crippen LogP contribution in [-0.2, 0) is 4.79 Å². The van der Waals surface area contributed by atoms with Crippen molar-refractivity contribution in [1.29, 1.82) is 0 Å². The number of carbonyl (C=O) groups is 1. The van der Waals surface area contributed by atoms with Gasteiger partial charge < -0.3 is 13.9 Å². The second-order valence-corrected chi connectivity index (χ2v) is 5.78. The van der Waals surface area contributed by atoms with Gasteiger partial charge in [0.25, 0.3) is 5.91 Å². The zero-order valence-electron chi connectivity index (χ0n) is 14.1. The molecule has 1 amide bonds. The van der Waals surface area contributed by atoms with Gasteiger partial charge in [0, 0.05) is 0 Å². The van der Waals surface area contributed by atoms with E-state index in [1.165, 1.54) is 12.3 Å². The Morgan fingerprint density at radius 1 is 1.07 bits per heavy atom. The Hall–Kier alpha value is -3.61. The fourth-order valence-corrected chi connectivity index (χ4v) is 2.61. The second kappa shape index (κ2) is 7.33. The Kier molecular flexibility index (Phi) is 4.57. The molecule has 0 unspecified atom stereocenters. The molecule has 6 nitrogen and oxygen atoms in total.